The Morgan fingerprint density at radius 2 is 1.96 bits per heavy atom. The number of piperidine rings is 1. The van der Waals surface area contributed by atoms with E-state index in [0.29, 0.717) is 37.0 Å². The Balaban J connectivity index is 1.36. The molecule has 0 aliphatic carbocycles. The molecule has 4 rings (SSSR count). The number of hydrogen-bond donors (Lipinski definition) is 0. The molecule has 0 saturated carbocycles. The lowest BCUT2D eigenvalue weighted by Gasteiger charge is -2.36. The summed E-state index contributed by atoms with van der Waals surface area (Å²) in [5, 5.41) is 3.74. The molecule has 3 aliphatic heterocycles. The third kappa shape index (κ3) is 3.52. The SMILES string of the molecule is Cc1cc(C(=O)N2CCC3(CC2)CC(CN2CCCC2)OC3=O)nn1C(F)F. The summed E-state index contributed by atoms with van der Waals surface area (Å²) in [7, 11) is 0. The van der Waals surface area contributed by atoms with Gasteiger partial charge in [-0.1, -0.05) is 0 Å². The van der Waals surface area contributed by atoms with Crippen LogP contribution in [-0.4, -0.2) is 70.3 Å². The Morgan fingerprint density at radius 3 is 2.57 bits per heavy atom. The summed E-state index contributed by atoms with van der Waals surface area (Å²) >= 11 is 0. The smallest absolute Gasteiger partial charge is 0.333 e. The van der Waals surface area contributed by atoms with Crippen LogP contribution in [-0.2, 0) is 9.53 Å². The van der Waals surface area contributed by atoms with Crippen LogP contribution in [0, 0.1) is 12.3 Å². The van der Waals surface area contributed by atoms with Crippen LogP contribution in [0.4, 0.5) is 8.78 Å². The first-order valence-corrected chi connectivity index (χ1v) is 9.95. The predicted molar refractivity (Wildman–Crippen MR) is 96.0 cm³/mol. The molecule has 1 amide bonds. The number of esters is 1. The standard InChI is InChI=1S/C19H26F2N4O3/c1-13-10-15(22-25(13)18(20)21)16(26)24-8-4-19(5-9-24)11-14(28-17(19)27)12-23-6-2-3-7-23/h10,14,18H,2-9,11-12H2,1H3. The first-order valence-electron chi connectivity index (χ1n) is 9.95. The third-order valence-electron chi connectivity index (χ3n) is 6.32. The minimum Gasteiger partial charge on any atom is -0.461 e. The van der Waals surface area contributed by atoms with E-state index in [1.54, 1.807) is 4.90 Å². The van der Waals surface area contributed by atoms with E-state index in [4.69, 9.17) is 4.74 Å². The van der Waals surface area contributed by atoms with E-state index in [-0.39, 0.29) is 29.4 Å². The van der Waals surface area contributed by atoms with Crippen molar-refractivity contribution in [2.75, 3.05) is 32.7 Å². The third-order valence-corrected chi connectivity index (χ3v) is 6.32. The number of carbonyl (C=O) groups is 2. The van der Waals surface area contributed by atoms with Gasteiger partial charge in [-0.15, -0.1) is 0 Å². The summed E-state index contributed by atoms with van der Waals surface area (Å²) in [6.07, 6.45) is 4.11. The van der Waals surface area contributed by atoms with Gasteiger partial charge in [0.15, 0.2) is 5.69 Å². The van der Waals surface area contributed by atoms with Gasteiger partial charge < -0.3 is 9.64 Å². The van der Waals surface area contributed by atoms with Crippen molar-refractivity contribution in [3.63, 3.8) is 0 Å². The molecule has 0 radical (unpaired) electrons. The van der Waals surface area contributed by atoms with Crippen LogP contribution in [0.1, 0.15) is 54.8 Å². The van der Waals surface area contributed by atoms with Crippen LogP contribution in [0.3, 0.4) is 0 Å². The number of rotatable bonds is 4. The molecule has 7 nitrogen and oxygen atoms in total. The molecule has 3 fully saturated rings. The van der Waals surface area contributed by atoms with E-state index in [1.807, 2.05) is 0 Å². The highest BCUT2D eigenvalue weighted by Gasteiger charge is 2.51. The number of alkyl halides is 2. The number of halogens is 2. The molecule has 28 heavy (non-hydrogen) atoms. The molecule has 1 aromatic rings. The highest BCUT2D eigenvalue weighted by Crippen LogP contribution is 2.43. The Morgan fingerprint density at radius 1 is 1.29 bits per heavy atom. The Bertz CT molecular complexity index is 752. The molecular weight excluding hydrogens is 370 g/mol. The summed E-state index contributed by atoms with van der Waals surface area (Å²) in [6, 6.07) is 1.38. The molecule has 0 bridgehead atoms. The van der Waals surface area contributed by atoms with E-state index in [0.717, 1.165) is 19.6 Å². The van der Waals surface area contributed by atoms with E-state index in [2.05, 4.69) is 10.00 Å². The number of hydrogen-bond acceptors (Lipinski definition) is 5. The second-order valence-electron chi connectivity index (χ2n) is 8.20. The Hall–Kier alpha value is -2.03. The molecule has 0 aromatic carbocycles. The van der Waals surface area contributed by atoms with E-state index >= 15 is 0 Å². The number of likely N-dealkylation sites (tertiary alicyclic amines) is 2. The molecular formula is C19H26F2N4O3. The molecule has 9 heteroatoms. The van der Waals surface area contributed by atoms with E-state index in [9.17, 15) is 18.4 Å². The molecule has 1 atom stereocenters. The maximum atomic E-state index is 12.9. The number of ether oxygens (including phenoxy) is 1. The Kier molecular flexibility index (Phi) is 5.11. The van der Waals surface area contributed by atoms with Gasteiger partial charge in [-0.25, -0.2) is 4.68 Å². The molecule has 1 spiro atoms. The maximum absolute atomic E-state index is 12.9. The van der Waals surface area contributed by atoms with Crippen LogP contribution in [0.25, 0.3) is 0 Å². The van der Waals surface area contributed by atoms with Gasteiger partial charge in [0.1, 0.15) is 6.10 Å². The largest absolute Gasteiger partial charge is 0.461 e. The van der Waals surface area contributed by atoms with Crippen LogP contribution in [0.5, 0.6) is 0 Å². The fourth-order valence-corrected chi connectivity index (χ4v) is 4.69. The zero-order chi connectivity index (χ0) is 19.9. The van der Waals surface area contributed by atoms with Crippen LogP contribution in [0.2, 0.25) is 0 Å². The zero-order valence-corrected chi connectivity index (χ0v) is 16.1. The van der Waals surface area contributed by atoms with Crippen molar-refractivity contribution in [1.29, 1.82) is 0 Å². The number of cyclic esters (lactones) is 1. The monoisotopic (exact) mass is 396 g/mol. The number of carbonyl (C=O) groups excluding carboxylic acids is 2. The van der Waals surface area contributed by atoms with Crippen LogP contribution >= 0.6 is 0 Å². The van der Waals surface area contributed by atoms with Crippen LogP contribution < -0.4 is 0 Å². The van der Waals surface area contributed by atoms with Gasteiger partial charge >= 0.3 is 12.5 Å². The number of aryl methyl sites for hydroxylation is 1. The summed E-state index contributed by atoms with van der Waals surface area (Å²) in [5.74, 6) is -0.515. The maximum Gasteiger partial charge on any atom is 0.333 e. The van der Waals surface area contributed by atoms with Gasteiger partial charge in [-0.05, 0) is 51.8 Å². The zero-order valence-electron chi connectivity index (χ0n) is 16.1. The van der Waals surface area contributed by atoms with Crippen molar-refractivity contribution in [2.45, 2.75) is 51.7 Å². The molecule has 4 heterocycles. The summed E-state index contributed by atoms with van der Waals surface area (Å²) in [4.78, 5) is 29.2. The van der Waals surface area contributed by atoms with Gasteiger partial charge in [0.05, 0.1) is 5.41 Å². The second-order valence-corrected chi connectivity index (χ2v) is 8.20. The quantitative estimate of drug-likeness (QED) is 0.730. The highest BCUT2D eigenvalue weighted by atomic mass is 19.3. The van der Waals surface area contributed by atoms with Crippen molar-refractivity contribution >= 4 is 11.9 Å². The molecule has 154 valence electrons. The highest BCUT2D eigenvalue weighted by molar-refractivity contribution is 5.92. The normalized spacial score (nSPS) is 25.1. The van der Waals surface area contributed by atoms with Crippen LogP contribution in [0.15, 0.2) is 6.07 Å². The molecule has 0 N–H and O–H groups in total. The van der Waals surface area contributed by atoms with Gasteiger partial charge in [0.25, 0.3) is 5.91 Å². The Labute approximate surface area is 162 Å². The van der Waals surface area contributed by atoms with Crippen molar-refractivity contribution < 1.29 is 23.1 Å². The number of amides is 1. The average Bonchev–Trinajstić information content (AvgIpc) is 3.36. The van der Waals surface area contributed by atoms with E-state index < -0.39 is 12.0 Å². The first kappa shape index (κ1) is 19.3. The van der Waals surface area contributed by atoms with Gasteiger partial charge in [0.2, 0.25) is 0 Å². The van der Waals surface area contributed by atoms with Gasteiger partial charge in [-0.2, -0.15) is 13.9 Å². The lowest BCUT2D eigenvalue weighted by Crippen LogP contribution is -2.45. The molecule has 1 unspecified atom stereocenters. The number of aromatic nitrogens is 2. The minimum absolute atomic E-state index is 0.0228. The summed E-state index contributed by atoms with van der Waals surface area (Å²) < 4.78 is 32.0. The van der Waals surface area contributed by atoms with Crippen molar-refractivity contribution in [3.05, 3.63) is 17.5 Å². The minimum atomic E-state index is -2.77. The molecule has 3 saturated heterocycles. The fraction of sp³-hybridized carbons (Fsp3) is 0.737. The average molecular weight is 396 g/mol. The topological polar surface area (TPSA) is 67.7 Å². The van der Waals surface area contributed by atoms with Crippen molar-refractivity contribution in [3.8, 4) is 0 Å². The summed E-state index contributed by atoms with van der Waals surface area (Å²) in [5.41, 5.74) is -0.245. The second kappa shape index (κ2) is 7.42. The molecule has 1 aromatic heterocycles. The van der Waals surface area contributed by atoms with Gasteiger partial charge in [0, 0.05) is 31.7 Å². The van der Waals surface area contributed by atoms with Crippen molar-refractivity contribution in [1.82, 2.24) is 19.6 Å². The lowest BCUT2D eigenvalue weighted by atomic mass is 9.76. The first-order chi connectivity index (χ1) is 13.4. The van der Waals surface area contributed by atoms with Crippen molar-refractivity contribution in [2.24, 2.45) is 5.41 Å². The lowest BCUT2D eigenvalue weighted by molar-refractivity contribution is -0.151. The van der Waals surface area contributed by atoms with Gasteiger partial charge in [-0.3, -0.25) is 14.5 Å². The van der Waals surface area contributed by atoms with E-state index in [1.165, 1.54) is 25.8 Å². The number of nitrogens with zero attached hydrogens (tertiary/aromatic N) is 4. The predicted octanol–water partition coefficient (Wildman–Crippen LogP) is 2.22. The molecule has 3 aliphatic rings. The summed E-state index contributed by atoms with van der Waals surface area (Å²) in [6.45, 7) is 2.46. The fourth-order valence-electron chi connectivity index (χ4n) is 4.69.